The van der Waals surface area contributed by atoms with Crippen molar-refractivity contribution in [3.63, 3.8) is 0 Å². The molecule has 0 saturated carbocycles. The fourth-order valence-corrected chi connectivity index (χ4v) is 2.30. The van der Waals surface area contributed by atoms with E-state index in [1.807, 2.05) is 30.3 Å². The fraction of sp³-hybridized carbons (Fsp3) is 0.235. The first-order chi connectivity index (χ1) is 10.1. The molecule has 0 unspecified atom stereocenters. The Bertz CT molecular complexity index is 610. The second kappa shape index (κ2) is 7.27. The first-order valence-electron chi connectivity index (χ1n) is 6.89. The number of nitrogens with one attached hydrogen (secondary N) is 1. The lowest BCUT2D eigenvalue weighted by Gasteiger charge is -2.16. The number of anilines is 1. The van der Waals surface area contributed by atoms with Gasteiger partial charge in [-0.3, -0.25) is 0 Å². The Balaban J connectivity index is 2.10. The number of esters is 1. The second-order valence-electron chi connectivity index (χ2n) is 4.72. The quantitative estimate of drug-likeness (QED) is 0.789. The van der Waals surface area contributed by atoms with Crippen LogP contribution in [0.4, 0.5) is 5.69 Å². The molecule has 2 aromatic rings. The molecule has 3 nitrogen and oxygen atoms in total. The Morgan fingerprint density at radius 2 is 1.95 bits per heavy atom. The van der Waals surface area contributed by atoms with Gasteiger partial charge in [-0.05, 0) is 49.7 Å². The van der Waals surface area contributed by atoms with Crippen molar-refractivity contribution in [1.29, 1.82) is 0 Å². The van der Waals surface area contributed by atoms with Gasteiger partial charge in [0.25, 0.3) is 0 Å². The van der Waals surface area contributed by atoms with E-state index in [1.165, 1.54) is 5.56 Å². The van der Waals surface area contributed by atoms with Crippen LogP contribution in [-0.4, -0.2) is 12.6 Å². The molecule has 1 atom stereocenters. The molecule has 2 rings (SSSR count). The SMILES string of the molecule is CCOC(=O)c1cccc(N[C@@H](C)c2ccc(Br)cc2)c1. The molecule has 0 fully saturated rings. The van der Waals surface area contributed by atoms with E-state index in [0.717, 1.165) is 10.2 Å². The summed E-state index contributed by atoms with van der Waals surface area (Å²) in [6.45, 7) is 4.27. The van der Waals surface area contributed by atoms with Crippen LogP contribution in [0.3, 0.4) is 0 Å². The van der Waals surface area contributed by atoms with Gasteiger partial charge in [0.05, 0.1) is 12.2 Å². The molecular formula is C17H18BrNO2. The first-order valence-corrected chi connectivity index (χ1v) is 7.68. The summed E-state index contributed by atoms with van der Waals surface area (Å²) in [5.74, 6) is -0.294. The van der Waals surface area contributed by atoms with Crippen molar-refractivity contribution in [2.24, 2.45) is 0 Å². The van der Waals surface area contributed by atoms with Crippen LogP contribution in [0.2, 0.25) is 0 Å². The number of ether oxygens (including phenoxy) is 1. The third kappa shape index (κ3) is 4.33. The molecule has 4 heteroatoms. The molecule has 0 aliphatic rings. The topological polar surface area (TPSA) is 38.3 Å². The van der Waals surface area contributed by atoms with Gasteiger partial charge < -0.3 is 10.1 Å². The molecule has 1 N–H and O–H groups in total. The lowest BCUT2D eigenvalue weighted by Crippen LogP contribution is -2.08. The van der Waals surface area contributed by atoms with Gasteiger partial charge in [0.1, 0.15) is 0 Å². The molecule has 0 aliphatic heterocycles. The molecule has 0 bridgehead atoms. The molecule has 0 aromatic heterocycles. The van der Waals surface area contributed by atoms with Crippen molar-refractivity contribution < 1.29 is 9.53 Å². The van der Waals surface area contributed by atoms with Crippen molar-refractivity contribution in [3.05, 3.63) is 64.1 Å². The number of hydrogen-bond donors (Lipinski definition) is 1. The summed E-state index contributed by atoms with van der Waals surface area (Å²) < 4.78 is 6.07. The summed E-state index contributed by atoms with van der Waals surface area (Å²) in [6, 6.07) is 15.7. The maximum absolute atomic E-state index is 11.7. The van der Waals surface area contributed by atoms with Gasteiger partial charge in [0.15, 0.2) is 0 Å². The van der Waals surface area contributed by atoms with Crippen LogP contribution in [-0.2, 0) is 4.74 Å². The molecule has 0 amide bonds. The van der Waals surface area contributed by atoms with Crippen LogP contribution in [0.1, 0.15) is 35.8 Å². The molecule has 2 aromatic carbocycles. The van der Waals surface area contributed by atoms with Crippen LogP contribution < -0.4 is 5.32 Å². The number of rotatable bonds is 5. The lowest BCUT2D eigenvalue weighted by molar-refractivity contribution is 0.0526. The highest BCUT2D eigenvalue weighted by Gasteiger charge is 2.09. The lowest BCUT2D eigenvalue weighted by atomic mass is 10.1. The van der Waals surface area contributed by atoms with Crippen molar-refractivity contribution in [2.45, 2.75) is 19.9 Å². The summed E-state index contributed by atoms with van der Waals surface area (Å²) >= 11 is 3.43. The van der Waals surface area contributed by atoms with Crippen molar-refractivity contribution in [2.75, 3.05) is 11.9 Å². The van der Waals surface area contributed by atoms with E-state index in [9.17, 15) is 4.79 Å². The molecule has 0 radical (unpaired) electrons. The predicted molar refractivity (Wildman–Crippen MR) is 88.6 cm³/mol. The molecule has 21 heavy (non-hydrogen) atoms. The Morgan fingerprint density at radius 1 is 1.24 bits per heavy atom. The Hall–Kier alpha value is -1.81. The first kappa shape index (κ1) is 15.6. The summed E-state index contributed by atoms with van der Waals surface area (Å²) in [5.41, 5.74) is 2.64. The zero-order valence-electron chi connectivity index (χ0n) is 12.1. The molecule has 0 aliphatic carbocycles. The number of hydrogen-bond acceptors (Lipinski definition) is 3. The maximum Gasteiger partial charge on any atom is 0.338 e. The highest BCUT2D eigenvalue weighted by atomic mass is 79.9. The number of benzene rings is 2. The second-order valence-corrected chi connectivity index (χ2v) is 5.63. The highest BCUT2D eigenvalue weighted by Crippen LogP contribution is 2.22. The van der Waals surface area contributed by atoms with Crippen molar-refractivity contribution in [1.82, 2.24) is 0 Å². The minimum atomic E-state index is -0.294. The van der Waals surface area contributed by atoms with E-state index in [-0.39, 0.29) is 12.0 Å². The zero-order valence-corrected chi connectivity index (χ0v) is 13.7. The van der Waals surface area contributed by atoms with E-state index in [4.69, 9.17) is 4.74 Å². The largest absolute Gasteiger partial charge is 0.462 e. The van der Waals surface area contributed by atoms with Gasteiger partial charge >= 0.3 is 5.97 Å². The summed E-state index contributed by atoms with van der Waals surface area (Å²) in [6.07, 6.45) is 0. The minimum Gasteiger partial charge on any atom is -0.462 e. The van der Waals surface area contributed by atoms with Crippen LogP contribution >= 0.6 is 15.9 Å². The van der Waals surface area contributed by atoms with E-state index >= 15 is 0 Å². The predicted octanol–water partition coefficient (Wildman–Crippen LogP) is 4.80. The number of carbonyl (C=O) groups is 1. The van der Waals surface area contributed by atoms with Crippen LogP contribution in [0.5, 0.6) is 0 Å². The van der Waals surface area contributed by atoms with Gasteiger partial charge in [0, 0.05) is 16.2 Å². The van der Waals surface area contributed by atoms with E-state index in [1.54, 1.807) is 13.0 Å². The normalized spacial score (nSPS) is 11.8. The minimum absolute atomic E-state index is 0.149. The molecule has 0 heterocycles. The number of carbonyl (C=O) groups excluding carboxylic acids is 1. The van der Waals surface area contributed by atoms with Crippen molar-refractivity contribution in [3.8, 4) is 0 Å². The third-order valence-corrected chi connectivity index (χ3v) is 3.66. The number of halogens is 1. The van der Waals surface area contributed by atoms with Crippen LogP contribution in [0.25, 0.3) is 0 Å². The van der Waals surface area contributed by atoms with Gasteiger partial charge in [0.2, 0.25) is 0 Å². The summed E-state index contributed by atoms with van der Waals surface area (Å²) in [7, 11) is 0. The Labute approximate surface area is 133 Å². The van der Waals surface area contributed by atoms with Crippen LogP contribution in [0.15, 0.2) is 53.0 Å². The van der Waals surface area contributed by atoms with Gasteiger partial charge in [-0.1, -0.05) is 34.1 Å². The van der Waals surface area contributed by atoms with Gasteiger partial charge in [-0.25, -0.2) is 4.79 Å². The smallest absolute Gasteiger partial charge is 0.338 e. The van der Waals surface area contributed by atoms with Gasteiger partial charge in [-0.2, -0.15) is 0 Å². The monoisotopic (exact) mass is 347 g/mol. The molecule has 0 spiro atoms. The molecule has 0 saturated heterocycles. The van der Waals surface area contributed by atoms with Crippen molar-refractivity contribution >= 4 is 27.6 Å². The summed E-state index contributed by atoms with van der Waals surface area (Å²) in [5, 5.41) is 3.39. The van der Waals surface area contributed by atoms with Gasteiger partial charge in [-0.15, -0.1) is 0 Å². The standard InChI is InChI=1S/C17H18BrNO2/c1-3-21-17(20)14-5-4-6-16(11-14)19-12(2)13-7-9-15(18)10-8-13/h4-12,19H,3H2,1-2H3/t12-/m0/s1. The zero-order chi connectivity index (χ0) is 15.2. The van der Waals surface area contributed by atoms with Crippen LogP contribution in [0, 0.1) is 0 Å². The Kier molecular flexibility index (Phi) is 5.39. The molecular weight excluding hydrogens is 330 g/mol. The molecule has 110 valence electrons. The Morgan fingerprint density at radius 3 is 2.62 bits per heavy atom. The third-order valence-electron chi connectivity index (χ3n) is 3.13. The summed E-state index contributed by atoms with van der Waals surface area (Å²) in [4.78, 5) is 11.7. The highest BCUT2D eigenvalue weighted by molar-refractivity contribution is 9.10. The van der Waals surface area contributed by atoms with E-state index < -0.39 is 0 Å². The van der Waals surface area contributed by atoms with E-state index in [0.29, 0.717) is 12.2 Å². The average Bonchev–Trinajstić information content (AvgIpc) is 2.48. The van der Waals surface area contributed by atoms with E-state index in [2.05, 4.69) is 40.3 Å². The fourth-order valence-electron chi connectivity index (χ4n) is 2.04. The maximum atomic E-state index is 11.7. The average molecular weight is 348 g/mol.